The number of carbonyl (C=O) groups is 2. The van der Waals surface area contributed by atoms with Gasteiger partial charge in [-0.3, -0.25) is 18.6 Å². The fraction of sp³-hybridized carbons (Fsp3) is 0.524. The van der Waals surface area contributed by atoms with Crippen LogP contribution in [-0.2, 0) is 32.7 Å². The van der Waals surface area contributed by atoms with E-state index in [0.717, 1.165) is 141 Å². The van der Waals surface area contributed by atoms with Gasteiger partial charge in [0.2, 0.25) is 0 Å². The van der Waals surface area contributed by atoms with Gasteiger partial charge in [0.15, 0.2) is 6.10 Å². The van der Waals surface area contributed by atoms with Crippen molar-refractivity contribution in [3.63, 3.8) is 0 Å². The third-order valence-electron chi connectivity index (χ3n) is 10.6. The van der Waals surface area contributed by atoms with Crippen molar-refractivity contribution < 1.29 is 37.6 Å². The minimum atomic E-state index is -4.41. The van der Waals surface area contributed by atoms with Crippen LogP contribution in [0.3, 0.4) is 0 Å². The van der Waals surface area contributed by atoms with Crippen molar-refractivity contribution in [2.24, 2.45) is 5.73 Å². The minimum Gasteiger partial charge on any atom is -0.462 e. The highest BCUT2D eigenvalue weighted by atomic mass is 31.2. The highest BCUT2D eigenvalue weighted by Crippen LogP contribution is 2.43. The summed E-state index contributed by atoms with van der Waals surface area (Å²) >= 11 is 0. The van der Waals surface area contributed by atoms with Gasteiger partial charge in [-0.1, -0.05) is 210 Å². The van der Waals surface area contributed by atoms with Gasteiger partial charge in [-0.05, 0) is 128 Å². The van der Waals surface area contributed by atoms with E-state index in [4.69, 9.17) is 24.3 Å². The summed E-state index contributed by atoms with van der Waals surface area (Å²) in [5.74, 6) is -0.906. The second kappa shape index (κ2) is 56.7. The molecule has 9 nitrogen and oxygen atoms in total. The highest BCUT2D eigenvalue weighted by Gasteiger charge is 2.26. The summed E-state index contributed by atoms with van der Waals surface area (Å²) in [5.41, 5.74) is 5.37. The Hall–Kier alpha value is -4.63. The Kier molecular flexibility index (Phi) is 53.1. The number of nitrogens with two attached hydrogens (primary N) is 1. The number of esters is 2. The molecule has 408 valence electrons. The molecule has 0 aromatic rings. The molecule has 0 aliphatic heterocycles. The first kappa shape index (κ1) is 68.4. The summed E-state index contributed by atoms with van der Waals surface area (Å²) in [7, 11) is -4.41. The SMILES string of the molecule is CC/C=C\C/C=C\C/C=C\C/C=C\C/C=C\C/C=C\C/C=C\C/C=C\C/C=C\CCCCCCCC(=O)OC(COC(=O)CCCCC/C=C\C/C=C\C/C=C\C/C=C\C/C=C\CC)COP(=O)(O)OCCN. The van der Waals surface area contributed by atoms with Gasteiger partial charge in [0.05, 0.1) is 13.2 Å². The molecule has 0 aromatic heterocycles. The van der Waals surface area contributed by atoms with E-state index in [9.17, 15) is 19.0 Å². The molecule has 0 aliphatic carbocycles. The molecule has 3 N–H and O–H groups in total. The van der Waals surface area contributed by atoms with E-state index in [1.54, 1.807) is 0 Å². The van der Waals surface area contributed by atoms with Crippen LogP contribution in [0.15, 0.2) is 170 Å². The second-order valence-electron chi connectivity index (χ2n) is 17.3. The van der Waals surface area contributed by atoms with Crippen LogP contribution in [0.5, 0.6) is 0 Å². The lowest BCUT2D eigenvalue weighted by molar-refractivity contribution is -0.161. The minimum absolute atomic E-state index is 0.0346. The molecular weight excluding hydrogens is 930 g/mol. The van der Waals surface area contributed by atoms with Gasteiger partial charge in [-0.2, -0.15) is 0 Å². The van der Waals surface area contributed by atoms with Crippen molar-refractivity contribution in [3.05, 3.63) is 170 Å². The lowest BCUT2D eigenvalue weighted by Gasteiger charge is -2.19. The van der Waals surface area contributed by atoms with Crippen LogP contribution in [0.4, 0.5) is 0 Å². The Bertz CT molecular complexity index is 1790. The van der Waals surface area contributed by atoms with Crippen LogP contribution >= 0.6 is 7.82 Å². The van der Waals surface area contributed by atoms with Crippen LogP contribution in [0.2, 0.25) is 0 Å². The predicted octanol–water partition coefficient (Wildman–Crippen LogP) is 17.5. The van der Waals surface area contributed by atoms with Gasteiger partial charge < -0.3 is 20.1 Å². The molecule has 0 bridgehead atoms. The molecule has 0 amide bonds. The topological polar surface area (TPSA) is 134 Å². The van der Waals surface area contributed by atoms with E-state index >= 15 is 0 Å². The zero-order chi connectivity index (χ0) is 53.1. The van der Waals surface area contributed by atoms with Gasteiger partial charge in [0.1, 0.15) is 6.61 Å². The summed E-state index contributed by atoms with van der Waals surface area (Å²) in [6.45, 7) is 3.41. The average Bonchev–Trinajstić information content (AvgIpc) is 3.38. The van der Waals surface area contributed by atoms with E-state index in [-0.39, 0.29) is 32.6 Å². The highest BCUT2D eigenvalue weighted by molar-refractivity contribution is 7.47. The van der Waals surface area contributed by atoms with Gasteiger partial charge in [-0.15, -0.1) is 0 Å². The number of phosphoric ester groups is 1. The number of ether oxygens (including phenoxy) is 2. The van der Waals surface area contributed by atoms with Crippen molar-refractivity contribution in [3.8, 4) is 0 Å². The maximum atomic E-state index is 12.7. The predicted molar refractivity (Wildman–Crippen MR) is 311 cm³/mol. The number of hydrogen-bond donors (Lipinski definition) is 2. The molecule has 2 atom stereocenters. The first-order chi connectivity index (χ1) is 35.8. The number of hydrogen-bond acceptors (Lipinski definition) is 8. The lowest BCUT2D eigenvalue weighted by atomic mass is 10.1. The molecule has 0 fully saturated rings. The molecule has 0 heterocycles. The Labute approximate surface area is 444 Å². The fourth-order valence-electron chi connectivity index (χ4n) is 6.59. The van der Waals surface area contributed by atoms with E-state index in [1.165, 1.54) is 0 Å². The van der Waals surface area contributed by atoms with Crippen LogP contribution in [0.1, 0.15) is 181 Å². The number of rotatable bonds is 49. The van der Waals surface area contributed by atoms with E-state index < -0.39 is 32.5 Å². The Morgan fingerprint density at radius 3 is 1.07 bits per heavy atom. The Morgan fingerprint density at radius 2 is 0.712 bits per heavy atom. The summed E-state index contributed by atoms with van der Waals surface area (Å²) in [5, 5.41) is 0. The second-order valence-corrected chi connectivity index (χ2v) is 18.8. The monoisotopic (exact) mass is 1030 g/mol. The molecule has 0 saturated heterocycles. The summed E-state index contributed by atoms with van der Waals surface area (Å²) in [4.78, 5) is 35.1. The quantitative estimate of drug-likeness (QED) is 0.0264. The van der Waals surface area contributed by atoms with Crippen molar-refractivity contribution in [1.29, 1.82) is 0 Å². The molecule has 0 spiro atoms. The van der Waals surface area contributed by atoms with Crippen molar-refractivity contribution in [2.75, 3.05) is 26.4 Å². The number of carbonyl (C=O) groups excluding carboxylic acids is 2. The van der Waals surface area contributed by atoms with Gasteiger partial charge in [-0.25, -0.2) is 4.57 Å². The molecule has 0 aliphatic rings. The third kappa shape index (κ3) is 56.5. The molecule has 2 unspecified atom stereocenters. The average molecular weight is 1030 g/mol. The molecule has 0 rings (SSSR count). The van der Waals surface area contributed by atoms with Crippen LogP contribution in [0.25, 0.3) is 0 Å². The van der Waals surface area contributed by atoms with E-state index in [1.807, 2.05) is 0 Å². The fourth-order valence-corrected chi connectivity index (χ4v) is 7.36. The Balaban J connectivity index is 4.16. The molecule has 0 radical (unpaired) electrons. The maximum absolute atomic E-state index is 12.7. The molecule has 73 heavy (non-hydrogen) atoms. The Morgan fingerprint density at radius 1 is 0.411 bits per heavy atom. The van der Waals surface area contributed by atoms with Crippen molar-refractivity contribution in [1.82, 2.24) is 0 Å². The zero-order valence-electron chi connectivity index (χ0n) is 45.3. The number of phosphoric acid groups is 1. The standard InChI is InChI=1S/C63H98NO8P/c1-3-5-7-9-11-13-15-17-19-21-23-24-25-26-27-28-29-30-31-32-33-34-35-36-38-40-42-44-46-48-50-52-54-56-63(66)72-61(60-71-73(67,68)70-58-57-64)59-69-62(65)55-53-51-49-47-45-43-41-39-37-22-20-18-16-14-12-10-8-6-4-2/h5-8,11-14,17-20,23-24,26-27,29-30,32-33,35-37,39-40,42-43,45,61H,3-4,9-10,15-16,21-22,25,28,31,34,38,41,44,46-60,64H2,1-2H3,(H,67,68)/b7-5-,8-6-,13-11-,14-12-,19-17-,20-18-,24-23-,27-26-,30-29-,33-32-,36-35-,39-37-,42-40-,45-43-. The first-order valence-electron chi connectivity index (χ1n) is 27.6. The van der Waals surface area contributed by atoms with Crippen LogP contribution < -0.4 is 5.73 Å². The normalized spacial score (nSPS) is 14.4. The summed E-state index contributed by atoms with van der Waals surface area (Å²) in [6, 6.07) is 0. The van der Waals surface area contributed by atoms with E-state index in [0.29, 0.717) is 12.8 Å². The molecular formula is C63H98NO8P. The van der Waals surface area contributed by atoms with Gasteiger partial charge in [0, 0.05) is 19.4 Å². The first-order valence-corrected chi connectivity index (χ1v) is 29.1. The van der Waals surface area contributed by atoms with Gasteiger partial charge in [0.25, 0.3) is 0 Å². The lowest BCUT2D eigenvalue weighted by Crippen LogP contribution is -2.29. The molecule has 0 saturated carbocycles. The third-order valence-corrected chi connectivity index (χ3v) is 11.6. The smallest absolute Gasteiger partial charge is 0.462 e. The van der Waals surface area contributed by atoms with Crippen LogP contribution in [0, 0.1) is 0 Å². The number of allylic oxidation sites excluding steroid dienone is 28. The van der Waals surface area contributed by atoms with Crippen molar-refractivity contribution >= 4 is 19.8 Å². The van der Waals surface area contributed by atoms with Crippen molar-refractivity contribution in [2.45, 2.75) is 187 Å². The largest absolute Gasteiger partial charge is 0.472 e. The van der Waals surface area contributed by atoms with E-state index in [2.05, 4.69) is 184 Å². The van der Waals surface area contributed by atoms with Crippen LogP contribution in [-0.4, -0.2) is 49.3 Å². The van der Waals surface area contributed by atoms with Gasteiger partial charge >= 0.3 is 19.8 Å². The number of unbranched alkanes of at least 4 members (excludes halogenated alkanes) is 8. The molecule has 0 aromatic carbocycles. The molecule has 10 heteroatoms. The maximum Gasteiger partial charge on any atom is 0.472 e. The zero-order valence-corrected chi connectivity index (χ0v) is 46.2. The summed E-state index contributed by atoms with van der Waals surface area (Å²) in [6.07, 6.45) is 84.0. The summed E-state index contributed by atoms with van der Waals surface area (Å²) < 4.78 is 32.9.